The molecule has 0 saturated heterocycles. The van der Waals surface area contributed by atoms with Gasteiger partial charge < -0.3 is 14.8 Å². The van der Waals surface area contributed by atoms with Crippen molar-refractivity contribution in [1.82, 2.24) is 0 Å². The van der Waals surface area contributed by atoms with Gasteiger partial charge in [0, 0.05) is 17.8 Å². The second-order valence-electron chi connectivity index (χ2n) is 5.95. The van der Waals surface area contributed by atoms with Crippen molar-refractivity contribution in [3.05, 3.63) is 89.5 Å². The van der Waals surface area contributed by atoms with E-state index in [2.05, 4.69) is 36.5 Å². The molecule has 3 aromatic rings. The van der Waals surface area contributed by atoms with E-state index in [0.717, 1.165) is 28.3 Å². The van der Waals surface area contributed by atoms with Gasteiger partial charge >= 0.3 is 0 Å². The first-order valence-corrected chi connectivity index (χ1v) is 8.39. The number of ether oxygens (including phenoxy) is 2. The molecule has 0 aliphatic carbocycles. The van der Waals surface area contributed by atoms with Crippen molar-refractivity contribution in [2.24, 2.45) is 0 Å². The molecule has 0 amide bonds. The van der Waals surface area contributed by atoms with Crippen LogP contribution in [-0.4, -0.2) is 7.11 Å². The molecule has 3 rings (SSSR count). The molecule has 0 aromatic heterocycles. The molecule has 0 unspecified atom stereocenters. The largest absolute Gasteiger partial charge is 0.493 e. The number of rotatable bonds is 7. The van der Waals surface area contributed by atoms with Crippen molar-refractivity contribution >= 4 is 5.69 Å². The van der Waals surface area contributed by atoms with Crippen molar-refractivity contribution < 1.29 is 9.47 Å². The molecular weight excluding hydrogens is 310 g/mol. The number of para-hydroxylation sites is 2. The third-order valence-corrected chi connectivity index (χ3v) is 4.00. The van der Waals surface area contributed by atoms with Crippen LogP contribution < -0.4 is 14.8 Å². The van der Waals surface area contributed by atoms with E-state index in [9.17, 15) is 0 Å². The van der Waals surface area contributed by atoms with Gasteiger partial charge in [0.15, 0.2) is 11.5 Å². The van der Waals surface area contributed by atoms with Crippen LogP contribution in [0.4, 0.5) is 5.69 Å². The molecule has 25 heavy (non-hydrogen) atoms. The van der Waals surface area contributed by atoms with E-state index in [1.807, 2.05) is 48.5 Å². The molecule has 0 atom stereocenters. The summed E-state index contributed by atoms with van der Waals surface area (Å²) in [6.07, 6.45) is 0. The van der Waals surface area contributed by atoms with Crippen molar-refractivity contribution in [1.29, 1.82) is 0 Å². The lowest BCUT2D eigenvalue weighted by atomic mass is 10.1. The van der Waals surface area contributed by atoms with Gasteiger partial charge in [-0.3, -0.25) is 0 Å². The minimum absolute atomic E-state index is 0.514. The Bertz CT molecular complexity index is 815. The topological polar surface area (TPSA) is 30.5 Å². The van der Waals surface area contributed by atoms with E-state index in [-0.39, 0.29) is 0 Å². The van der Waals surface area contributed by atoms with Crippen LogP contribution in [0.2, 0.25) is 0 Å². The van der Waals surface area contributed by atoms with Crippen molar-refractivity contribution in [2.75, 3.05) is 12.4 Å². The van der Waals surface area contributed by atoms with Crippen LogP contribution in [0.1, 0.15) is 16.7 Å². The van der Waals surface area contributed by atoms with Gasteiger partial charge in [-0.2, -0.15) is 0 Å². The van der Waals surface area contributed by atoms with Crippen LogP contribution in [0.25, 0.3) is 0 Å². The highest BCUT2D eigenvalue weighted by atomic mass is 16.5. The minimum atomic E-state index is 0.514. The van der Waals surface area contributed by atoms with Gasteiger partial charge in [0.2, 0.25) is 0 Å². The van der Waals surface area contributed by atoms with Crippen LogP contribution in [0.5, 0.6) is 11.5 Å². The highest BCUT2D eigenvalue weighted by Crippen LogP contribution is 2.32. The smallest absolute Gasteiger partial charge is 0.166 e. The van der Waals surface area contributed by atoms with Crippen molar-refractivity contribution in [3.8, 4) is 11.5 Å². The Morgan fingerprint density at radius 1 is 0.880 bits per heavy atom. The summed E-state index contributed by atoms with van der Waals surface area (Å²) in [7, 11) is 1.67. The Morgan fingerprint density at radius 3 is 2.44 bits per heavy atom. The molecule has 128 valence electrons. The standard InChI is InChI=1S/C22H23NO2/c1-17-8-6-9-18(14-17)16-25-22-19(10-7-13-21(22)24-2)15-23-20-11-4-3-5-12-20/h3-14,23H,15-16H2,1-2H3. The fourth-order valence-corrected chi connectivity index (χ4v) is 2.74. The van der Waals surface area contributed by atoms with Gasteiger partial charge in [-0.15, -0.1) is 0 Å². The Morgan fingerprint density at radius 2 is 1.68 bits per heavy atom. The Balaban J connectivity index is 1.76. The van der Waals surface area contributed by atoms with Gasteiger partial charge in [-0.1, -0.05) is 60.2 Å². The fraction of sp³-hybridized carbons (Fsp3) is 0.182. The monoisotopic (exact) mass is 333 g/mol. The van der Waals surface area contributed by atoms with Gasteiger partial charge in [0.05, 0.1) is 7.11 Å². The molecule has 1 N–H and O–H groups in total. The first-order valence-electron chi connectivity index (χ1n) is 8.39. The number of hydrogen-bond acceptors (Lipinski definition) is 3. The lowest BCUT2D eigenvalue weighted by molar-refractivity contribution is 0.281. The van der Waals surface area contributed by atoms with Crippen LogP contribution >= 0.6 is 0 Å². The SMILES string of the molecule is COc1cccc(CNc2ccccc2)c1OCc1cccc(C)c1. The van der Waals surface area contributed by atoms with Crippen molar-refractivity contribution in [2.45, 2.75) is 20.1 Å². The molecule has 0 radical (unpaired) electrons. The van der Waals surface area contributed by atoms with Crippen LogP contribution in [-0.2, 0) is 13.2 Å². The Kier molecular flexibility index (Phi) is 5.57. The first-order chi connectivity index (χ1) is 12.3. The molecule has 0 aliphatic heterocycles. The molecule has 3 heteroatoms. The molecule has 0 spiro atoms. The highest BCUT2D eigenvalue weighted by Gasteiger charge is 2.11. The first kappa shape index (κ1) is 16.9. The number of methoxy groups -OCH3 is 1. The number of aryl methyl sites for hydroxylation is 1. The summed E-state index contributed by atoms with van der Waals surface area (Å²) in [6.45, 7) is 3.27. The van der Waals surface area contributed by atoms with E-state index in [4.69, 9.17) is 9.47 Å². The van der Waals surface area contributed by atoms with E-state index >= 15 is 0 Å². The Hall–Kier alpha value is -2.94. The van der Waals surface area contributed by atoms with Crippen LogP contribution in [0, 0.1) is 6.92 Å². The summed E-state index contributed by atoms with van der Waals surface area (Å²) in [6, 6.07) is 24.5. The van der Waals surface area contributed by atoms with Crippen LogP contribution in [0.15, 0.2) is 72.8 Å². The maximum Gasteiger partial charge on any atom is 0.166 e. The number of hydrogen-bond donors (Lipinski definition) is 1. The molecule has 3 nitrogen and oxygen atoms in total. The number of benzene rings is 3. The summed E-state index contributed by atoms with van der Waals surface area (Å²) < 4.78 is 11.6. The molecule has 0 bridgehead atoms. The predicted octanol–water partition coefficient (Wildman–Crippen LogP) is 5.19. The second kappa shape index (κ2) is 8.25. The zero-order valence-corrected chi connectivity index (χ0v) is 14.7. The van der Waals surface area contributed by atoms with E-state index in [0.29, 0.717) is 13.2 Å². The number of nitrogens with one attached hydrogen (secondary N) is 1. The predicted molar refractivity (Wildman–Crippen MR) is 102 cm³/mol. The average Bonchev–Trinajstić information content (AvgIpc) is 2.65. The van der Waals surface area contributed by atoms with Gasteiger partial charge in [-0.05, 0) is 30.7 Å². The molecular formula is C22H23NO2. The van der Waals surface area contributed by atoms with Crippen molar-refractivity contribution in [3.63, 3.8) is 0 Å². The maximum absolute atomic E-state index is 6.12. The quantitative estimate of drug-likeness (QED) is 0.645. The molecule has 0 saturated carbocycles. The lowest BCUT2D eigenvalue weighted by Gasteiger charge is -2.16. The van der Waals surface area contributed by atoms with E-state index < -0.39 is 0 Å². The molecule has 0 fully saturated rings. The number of anilines is 1. The van der Waals surface area contributed by atoms with E-state index in [1.54, 1.807) is 7.11 Å². The van der Waals surface area contributed by atoms with Gasteiger partial charge in [0.1, 0.15) is 6.61 Å². The summed E-state index contributed by atoms with van der Waals surface area (Å²) in [5, 5.41) is 3.42. The second-order valence-corrected chi connectivity index (χ2v) is 5.95. The highest BCUT2D eigenvalue weighted by molar-refractivity contribution is 5.50. The fourth-order valence-electron chi connectivity index (χ4n) is 2.74. The average molecular weight is 333 g/mol. The zero-order chi connectivity index (χ0) is 17.5. The van der Waals surface area contributed by atoms with E-state index in [1.165, 1.54) is 5.56 Å². The lowest BCUT2D eigenvalue weighted by Crippen LogP contribution is -2.05. The zero-order valence-electron chi connectivity index (χ0n) is 14.7. The normalized spacial score (nSPS) is 10.3. The minimum Gasteiger partial charge on any atom is -0.493 e. The van der Waals surface area contributed by atoms with Gasteiger partial charge in [-0.25, -0.2) is 0 Å². The summed E-state index contributed by atoms with van der Waals surface area (Å²) >= 11 is 0. The third-order valence-electron chi connectivity index (χ3n) is 4.00. The van der Waals surface area contributed by atoms with Crippen LogP contribution in [0.3, 0.4) is 0 Å². The summed E-state index contributed by atoms with van der Waals surface area (Å²) in [4.78, 5) is 0. The summed E-state index contributed by atoms with van der Waals surface area (Å²) in [5.41, 5.74) is 4.52. The third kappa shape index (κ3) is 4.54. The summed E-state index contributed by atoms with van der Waals surface area (Å²) in [5.74, 6) is 1.54. The molecule has 0 aliphatic rings. The molecule has 3 aromatic carbocycles. The maximum atomic E-state index is 6.12. The Labute approximate surface area is 149 Å². The molecule has 0 heterocycles. The van der Waals surface area contributed by atoms with Gasteiger partial charge in [0.25, 0.3) is 0 Å².